The summed E-state index contributed by atoms with van der Waals surface area (Å²) in [6.07, 6.45) is 0.436. The van der Waals surface area contributed by atoms with Crippen LogP contribution < -0.4 is 10.6 Å². The van der Waals surface area contributed by atoms with Crippen molar-refractivity contribution in [1.29, 1.82) is 0 Å². The molecule has 8 heteroatoms. The molecular formula is C20H30N2O6. The first-order valence-electron chi connectivity index (χ1n) is 9.31. The quantitative estimate of drug-likeness (QED) is 0.525. The third kappa shape index (κ3) is 11.1. The Kier molecular flexibility index (Phi) is 9.84. The van der Waals surface area contributed by atoms with Gasteiger partial charge in [0.25, 0.3) is 0 Å². The Balaban J connectivity index is 2.21. The van der Waals surface area contributed by atoms with Crippen molar-refractivity contribution < 1.29 is 29.0 Å². The molecule has 0 aromatic heterocycles. The molecular weight excluding hydrogens is 364 g/mol. The van der Waals surface area contributed by atoms with Gasteiger partial charge < -0.3 is 25.2 Å². The standard InChI is InChI=1S/C20H30N2O6/c1-20(2,3)28-19(26)21-12-8-7-11-16(17(23)24)13-22-18(25)27-14-15-9-5-4-6-10-15/h4-6,9-10,16H,7-8,11-14H2,1-3H3,(H,21,26)(H,22,25)(H,23,24)/t16-/m0/s1. The van der Waals surface area contributed by atoms with Crippen LogP contribution in [0.25, 0.3) is 0 Å². The summed E-state index contributed by atoms with van der Waals surface area (Å²) in [5, 5.41) is 14.4. The van der Waals surface area contributed by atoms with Gasteiger partial charge in [0.1, 0.15) is 12.2 Å². The van der Waals surface area contributed by atoms with E-state index >= 15 is 0 Å². The molecule has 2 amide bonds. The predicted octanol–water partition coefficient (Wildman–Crippen LogP) is 3.31. The number of benzene rings is 1. The minimum Gasteiger partial charge on any atom is -0.481 e. The molecule has 1 aromatic rings. The zero-order valence-corrected chi connectivity index (χ0v) is 16.7. The number of unbranched alkanes of at least 4 members (excludes halogenated alkanes) is 1. The highest BCUT2D eigenvalue weighted by Crippen LogP contribution is 2.09. The van der Waals surface area contributed by atoms with Crippen LogP contribution >= 0.6 is 0 Å². The van der Waals surface area contributed by atoms with Crippen molar-refractivity contribution in [2.24, 2.45) is 5.92 Å². The Labute approximate surface area is 165 Å². The maximum atomic E-state index is 11.7. The van der Waals surface area contributed by atoms with E-state index in [0.29, 0.717) is 25.8 Å². The zero-order chi connectivity index (χ0) is 21.0. The third-order valence-corrected chi connectivity index (χ3v) is 3.70. The lowest BCUT2D eigenvalue weighted by atomic mass is 10.0. The van der Waals surface area contributed by atoms with E-state index < -0.39 is 29.7 Å². The number of carbonyl (C=O) groups is 3. The van der Waals surface area contributed by atoms with E-state index in [-0.39, 0.29) is 13.2 Å². The summed E-state index contributed by atoms with van der Waals surface area (Å²) in [5.41, 5.74) is 0.296. The van der Waals surface area contributed by atoms with Crippen LogP contribution in [0.2, 0.25) is 0 Å². The van der Waals surface area contributed by atoms with Gasteiger partial charge in [0.05, 0.1) is 5.92 Å². The number of carboxylic acids is 1. The Morgan fingerprint density at radius 3 is 2.32 bits per heavy atom. The highest BCUT2D eigenvalue weighted by Gasteiger charge is 2.19. The second-order valence-electron chi connectivity index (χ2n) is 7.40. The van der Waals surface area contributed by atoms with Gasteiger partial charge in [-0.25, -0.2) is 9.59 Å². The Hall–Kier alpha value is -2.77. The molecule has 3 N–H and O–H groups in total. The van der Waals surface area contributed by atoms with E-state index in [1.165, 1.54) is 0 Å². The van der Waals surface area contributed by atoms with Gasteiger partial charge in [0, 0.05) is 13.1 Å². The molecule has 0 heterocycles. The van der Waals surface area contributed by atoms with Gasteiger partial charge in [0.15, 0.2) is 0 Å². The van der Waals surface area contributed by atoms with E-state index in [4.69, 9.17) is 9.47 Å². The maximum Gasteiger partial charge on any atom is 0.407 e. The van der Waals surface area contributed by atoms with Crippen molar-refractivity contribution >= 4 is 18.2 Å². The SMILES string of the molecule is CC(C)(C)OC(=O)NCCCC[C@@H](CNC(=O)OCc1ccccc1)C(=O)O. The van der Waals surface area contributed by atoms with Crippen LogP contribution in [0.5, 0.6) is 0 Å². The van der Waals surface area contributed by atoms with Crippen LogP contribution in [0.15, 0.2) is 30.3 Å². The number of aliphatic carboxylic acids is 1. The van der Waals surface area contributed by atoms with Crippen LogP contribution in [-0.2, 0) is 20.9 Å². The van der Waals surface area contributed by atoms with Gasteiger partial charge in [0.2, 0.25) is 0 Å². The molecule has 0 aliphatic carbocycles. The lowest BCUT2D eigenvalue weighted by molar-refractivity contribution is -0.141. The number of carboxylic acid groups (broad SMARTS) is 1. The van der Waals surface area contributed by atoms with Gasteiger partial charge in [-0.2, -0.15) is 0 Å². The summed E-state index contributed by atoms with van der Waals surface area (Å²) in [6.45, 7) is 5.85. The molecule has 1 aromatic carbocycles. The lowest BCUT2D eigenvalue weighted by Crippen LogP contribution is -2.34. The molecule has 0 saturated heterocycles. The molecule has 0 radical (unpaired) electrons. The van der Waals surface area contributed by atoms with Crippen LogP contribution in [0.1, 0.15) is 45.6 Å². The first kappa shape index (κ1) is 23.3. The highest BCUT2D eigenvalue weighted by atomic mass is 16.6. The highest BCUT2D eigenvalue weighted by molar-refractivity contribution is 5.72. The van der Waals surface area contributed by atoms with Crippen molar-refractivity contribution in [3.8, 4) is 0 Å². The largest absolute Gasteiger partial charge is 0.481 e. The average molecular weight is 394 g/mol. The number of amides is 2. The number of ether oxygens (including phenoxy) is 2. The molecule has 1 atom stereocenters. The second kappa shape index (κ2) is 11.8. The van der Waals surface area contributed by atoms with Gasteiger partial charge in [-0.1, -0.05) is 36.8 Å². The van der Waals surface area contributed by atoms with E-state index in [0.717, 1.165) is 5.56 Å². The molecule has 0 bridgehead atoms. The van der Waals surface area contributed by atoms with Crippen molar-refractivity contribution in [1.82, 2.24) is 10.6 Å². The number of hydrogen-bond donors (Lipinski definition) is 3. The fourth-order valence-corrected chi connectivity index (χ4v) is 2.31. The topological polar surface area (TPSA) is 114 Å². The van der Waals surface area contributed by atoms with Gasteiger partial charge in [-0.3, -0.25) is 4.79 Å². The Bertz CT molecular complexity index is 627. The molecule has 0 spiro atoms. The molecule has 8 nitrogen and oxygen atoms in total. The van der Waals surface area contributed by atoms with Gasteiger partial charge in [-0.05, 0) is 39.2 Å². The molecule has 0 fully saturated rings. The molecule has 0 aliphatic rings. The number of rotatable bonds is 10. The summed E-state index contributed by atoms with van der Waals surface area (Å²) in [7, 11) is 0. The molecule has 156 valence electrons. The van der Waals surface area contributed by atoms with Crippen molar-refractivity contribution in [3.63, 3.8) is 0 Å². The lowest BCUT2D eigenvalue weighted by Gasteiger charge is -2.19. The first-order chi connectivity index (χ1) is 13.2. The zero-order valence-electron chi connectivity index (χ0n) is 16.7. The van der Waals surface area contributed by atoms with Crippen molar-refractivity contribution in [2.75, 3.05) is 13.1 Å². The minimum atomic E-state index is -0.983. The first-order valence-corrected chi connectivity index (χ1v) is 9.31. The summed E-state index contributed by atoms with van der Waals surface area (Å²) >= 11 is 0. The molecule has 0 aliphatic heterocycles. The van der Waals surface area contributed by atoms with Gasteiger partial charge >= 0.3 is 18.2 Å². The molecule has 0 saturated carbocycles. The van der Waals surface area contributed by atoms with E-state index in [2.05, 4.69) is 10.6 Å². The van der Waals surface area contributed by atoms with Crippen LogP contribution in [-0.4, -0.2) is 42.0 Å². The number of nitrogens with one attached hydrogen (secondary N) is 2. The van der Waals surface area contributed by atoms with E-state index in [9.17, 15) is 19.5 Å². The molecule has 0 unspecified atom stereocenters. The molecule has 28 heavy (non-hydrogen) atoms. The summed E-state index contributed by atoms with van der Waals surface area (Å²) < 4.78 is 10.2. The molecule has 1 rings (SSSR count). The number of carbonyl (C=O) groups excluding carboxylic acids is 2. The predicted molar refractivity (Wildman–Crippen MR) is 104 cm³/mol. The Morgan fingerprint density at radius 2 is 1.71 bits per heavy atom. The summed E-state index contributed by atoms with van der Waals surface area (Å²) in [4.78, 5) is 34.6. The van der Waals surface area contributed by atoms with Crippen LogP contribution in [0, 0.1) is 5.92 Å². The summed E-state index contributed by atoms with van der Waals surface area (Å²) in [5.74, 6) is -1.70. The number of alkyl carbamates (subject to hydrolysis) is 2. The normalized spacial score (nSPS) is 12.0. The smallest absolute Gasteiger partial charge is 0.407 e. The van der Waals surface area contributed by atoms with E-state index in [1.807, 2.05) is 30.3 Å². The second-order valence-corrected chi connectivity index (χ2v) is 7.40. The van der Waals surface area contributed by atoms with Gasteiger partial charge in [-0.15, -0.1) is 0 Å². The van der Waals surface area contributed by atoms with E-state index in [1.54, 1.807) is 20.8 Å². The fraction of sp³-hybridized carbons (Fsp3) is 0.550. The third-order valence-electron chi connectivity index (χ3n) is 3.70. The summed E-state index contributed by atoms with van der Waals surface area (Å²) in [6, 6.07) is 9.21. The van der Waals surface area contributed by atoms with Crippen molar-refractivity contribution in [3.05, 3.63) is 35.9 Å². The fourth-order valence-electron chi connectivity index (χ4n) is 2.31. The maximum absolute atomic E-state index is 11.7. The van der Waals surface area contributed by atoms with Crippen LogP contribution in [0.3, 0.4) is 0 Å². The minimum absolute atomic E-state index is 0.0115. The Morgan fingerprint density at radius 1 is 1.04 bits per heavy atom. The van der Waals surface area contributed by atoms with Crippen molar-refractivity contribution in [2.45, 2.75) is 52.2 Å². The monoisotopic (exact) mass is 394 g/mol. The average Bonchev–Trinajstić information content (AvgIpc) is 2.61. The number of hydrogen-bond acceptors (Lipinski definition) is 5. The van der Waals surface area contributed by atoms with Crippen LogP contribution in [0.4, 0.5) is 9.59 Å².